The van der Waals surface area contributed by atoms with Gasteiger partial charge in [-0.3, -0.25) is 0 Å². The van der Waals surface area contributed by atoms with Crippen LogP contribution in [0.5, 0.6) is 17.8 Å². The van der Waals surface area contributed by atoms with Crippen molar-refractivity contribution in [2.45, 2.75) is 13.3 Å². The Morgan fingerprint density at radius 3 is 2.71 bits per heavy atom. The van der Waals surface area contributed by atoms with Gasteiger partial charge in [-0.05, 0) is 24.6 Å². The van der Waals surface area contributed by atoms with E-state index in [0.717, 1.165) is 6.42 Å². The van der Waals surface area contributed by atoms with Crippen molar-refractivity contribution in [2.24, 2.45) is 0 Å². The number of anilines is 1. The summed E-state index contributed by atoms with van der Waals surface area (Å²) in [6.45, 7) is 2.44. The molecule has 0 spiro atoms. The zero-order valence-electron chi connectivity index (χ0n) is 11.6. The minimum absolute atomic E-state index is 0.0130. The molecule has 0 aliphatic carbocycles. The first-order valence-electron chi connectivity index (χ1n) is 6.32. The Morgan fingerprint density at radius 2 is 2.00 bits per heavy atom. The molecule has 0 unspecified atom stereocenters. The first-order valence-corrected chi connectivity index (χ1v) is 7.11. The summed E-state index contributed by atoms with van der Waals surface area (Å²) < 4.78 is 25.1. The molecule has 1 aromatic heterocycles. The molecule has 2 aromatic rings. The van der Waals surface area contributed by atoms with Crippen molar-refractivity contribution < 1.29 is 13.9 Å². The first-order chi connectivity index (χ1) is 10.1. The Bertz CT molecular complexity index is 627. The molecule has 0 fully saturated rings. The third kappa shape index (κ3) is 4.25. The van der Waals surface area contributed by atoms with E-state index in [-0.39, 0.29) is 23.7 Å². The SMILES string of the molecule is CCCOc1nc(NC)nc(Oc2cc(Br)ccc2F)n1. The van der Waals surface area contributed by atoms with Gasteiger partial charge < -0.3 is 14.8 Å². The van der Waals surface area contributed by atoms with E-state index in [4.69, 9.17) is 9.47 Å². The second-order valence-corrected chi connectivity index (χ2v) is 4.92. The Morgan fingerprint density at radius 1 is 1.24 bits per heavy atom. The van der Waals surface area contributed by atoms with E-state index in [2.05, 4.69) is 36.2 Å². The minimum Gasteiger partial charge on any atom is -0.463 e. The fourth-order valence-electron chi connectivity index (χ4n) is 1.41. The quantitative estimate of drug-likeness (QED) is 0.855. The van der Waals surface area contributed by atoms with Crippen molar-refractivity contribution in [1.82, 2.24) is 15.0 Å². The number of nitrogens with one attached hydrogen (secondary N) is 1. The summed E-state index contributed by atoms with van der Waals surface area (Å²) in [6, 6.07) is 4.43. The fourth-order valence-corrected chi connectivity index (χ4v) is 1.75. The number of benzene rings is 1. The summed E-state index contributed by atoms with van der Waals surface area (Å²) in [5.74, 6) is -0.221. The number of rotatable bonds is 6. The van der Waals surface area contributed by atoms with Crippen LogP contribution < -0.4 is 14.8 Å². The highest BCUT2D eigenvalue weighted by Crippen LogP contribution is 2.26. The number of aromatic nitrogens is 3. The maximum Gasteiger partial charge on any atom is 0.330 e. The maximum absolute atomic E-state index is 13.7. The monoisotopic (exact) mass is 356 g/mol. The van der Waals surface area contributed by atoms with Gasteiger partial charge in [0.2, 0.25) is 5.95 Å². The topological polar surface area (TPSA) is 69.2 Å². The van der Waals surface area contributed by atoms with Gasteiger partial charge >= 0.3 is 12.0 Å². The van der Waals surface area contributed by atoms with Gasteiger partial charge in [0.1, 0.15) is 0 Å². The molecule has 0 aliphatic rings. The van der Waals surface area contributed by atoms with Gasteiger partial charge in [0.25, 0.3) is 0 Å². The zero-order valence-corrected chi connectivity index (χ0v) is 13.1. The van der Waals surface area contributed by atoms with Crippen molar-refractivity contribution in [3.05, 3.63) is 28.5 Å². The van der Waals surface area contributed by atoms with Gasteiger partial charge in [0.15, 0.2) is 11.6 Å². The largest absolute Gasteiger partial charge is 0.463 e. The maximum atomic E-state index is 13.7. The third-order valence-electron chi connectivity index (χ3n) is 2.35. The highest BCUT2D eigenvalue weighted by atomic mass is 79.9. The first kappa shape index (κ1) is 15.4. The fraction of sp³-hybridized carbons (Fsp3) is 0.308. The van der Waals surface area contributed by atoms with Crippen LogP contribution in [0.4, 0.5) is 10.3 Å². The Kier molecular flexibility index (Phi) is 5.26. The Balaban J connectivity index is 2.27. The standard InChI is InChI=1S/C13H14BrFN4O2/c1-3-6-20-12-17-11(16-2)18-13(19-12)21-10-7-8(14)4-5-9(10)15/h4-5,7H,3,6H2,1-2H3,(H,16,17,18,19). The molecular formula is C13H14BrFN4O2. The number of nitrogens with zero attached hydrogens (tertiary/aromatic N) is 3. The molecule has 0 bridgehead atoms. The van der Waals surface area contributed by atoms with Crippen LogP contribution in [0, 0.1) is 5.82 Å². The molecule has 6 nitrogen and oxygen atoms in total. The molecular weight excluding hydrogens is 343 g/mol. The number of hydrogen-bond donors (Lipinski definition) is 1. The van der Waals surface area contributed by atoms with E-state index in [1.807, 2.05) is 6.92 Å². The van der Waals surface area contributed by atoms with Crippen LogP contribution in [0.1, 0.15) is 13.3 Å². The predicted molar refractivity (Wildman–Crippen MR) is 79.3 cm³/mol. The highest BCUT2D eigenvalue weighted by molar-refractivity contribution is 9.10. The Hall–Kier alpha value is -1.96. The highest BCUT2D eigenvalue weighted by Gasteiger charge is 2.11. The van der Waals surface area contributed by atoms with Gasteiger partial charge in [-0.15, -0.1) is 4.98 Å². The summed E-state index contributed by atoms with van der Waals surface area (Å²) >= 11 is 3.25. The van der Waals surface area contributed by atoms with Crippen LogP contribution in [-0.2, 0) is 0 Å². The molecule has 0 saturated heterocycles. The summed E-state index contributed by atoms with van der Waals surface area (Å²) in [4.78, 5) is 12.0. The molecule has 1 heterocycles. The van der Waals surface area contributed by atoms with Crippen LogP contribution in [0.2, 0.25) is 0 Å². The van der Waals surface area contributed by atoms with Crippen molar-refractivity contribution in [1.29, 1.82) is 0 Å². The smallest absolute Gasteiger partial charge is 0.330 e. The van der Waals surface area contributed by atoms with E-state index in [1.165, 1.54) is 12.1 Å². The van der Waals surface area contributed by atoms with Crippen molar-refractivity contribution in [3.63, 3.8) is 0 Å². The van der Waals surface area contributed by atoms with E-state index < -0.39 is 5.82 Å². The van der Waals surface area contributed by atoms with E-state index in [1.54, 1.807) is 13.1 Å². The van der Waals surface area contributed by atoms with Crippen LogP contribution in [-0.4, -0.2) is 28.6 Å². The average Bonchev–Trinajstić information content (AvgIpc) is 2.48. The molecule has 0 radical (unpaired) electrons. The third-order valence-corrected chi connectivity index (χ3v) is 2.84. The van der Waals surface area contributed by atoms with Crippen LogP contribution >= 0.6 is 15.9 Å². The van der Waals surface area contributed by atoms with Crippen LogP contribution in [0.15, 0.2) is 22.7 Å². The normalized spacial score (nSPS) is 10.3. The number of halogens is 2. The van der Waals surface area contributed by atoms with Crippen molar-refractivity contribution in [3.8, 4) is 17.8 Å². The summed E-state index contributed by atoms with van der Waals surface area (Å²) in [6.07, 6.45) is 0.816. The van der Waals surface area contributed by atoms with E-state index in [0.29, 0.717) is 11.1 Å². The summed E-state index contributed by atoms with van der Waals surface area (Å²) in [7, 11) is 1.66. The summed E-state index contributed by atoms with van der Waals surface area (Å²) in [5, 5.41) is 2.77. The molecule has 0 atom stereocenters. The second kappa shape index (κ2) is 7.16. The van der Waals surface area contributed by atoms with Gasteiger partial charge in [-0.2, -0.15) is 9.97 Å². The lowest BCUT2D eigenvalue weighted by molar-refractivity contribution is 0.284. The van der Waals surface area contributed by atoms with Gasteiger partial charge in [0, 0.05) is 11.5 Å². The second-order valence-electron chi connectivity index (χ2n) is 4.00. The molecule has 112 valence electrons. The van der Waals surface area contributed by atoms with Crippen molar-refractivity contribution in [2.75, 3.05) is 19.0 Å². The van der Waals surface area contributed by atoms with E-state index >= 15 is 0 Å². The average molecular weight is 357 g/mol. The molecule has 1 N–H and O–H groups in total. The lowest BCUT2D eigenvalue weighted by Crippen LogP contribution is -2.06. The molecule has 2 rings (SSSR count). The zero-order chi connectivity index (χ0) is 15.2. The molecule has 0 aliphatic heterocycles. The summed E-state index contributed by atoms with van der Waals surface area (Å²) in [5.41, 5.74) is 0. The number of ether oxygens (including phenoxy) is 2. The molecule has 8 heteroatoms. The lowest BCUT2D eigenvalue weighted by Gasteiger charge is -2.09. The van der Waals surface area contributed by atoms with Crippen LogP contribution in [0.3, 0.4) is 0 Å². The Labute approximate surface area is 129 Å². The number of hydrogen-bond acceptors (Lipinski definition) is 6. The molecule has 21 heavy (non-hydrogen) atoms. The van der Waals surface area contributed by atoms with Gasteiger partial charge in [-0.1, -0.05) is 22.9 Å². The molecule has 1 aromatic carbocycles. The van der Waals surface area contributed by atoms with Gasteiger partial charge in [-0.25, -0.2) is 4.39 Å². The minimum atomic E-state index is -0.513. The predicted octanol–water partition coefficient (Wildman–Crippen LogP) is 3.40. The van der Waals surface area contributed by atoms with Crippen molar-refractivity contribution >= 4 is 21.9 Å². The van der Waals surface area contributed by atoms with Crippen LogP contribution in [0.25, 0.3) is 0 Å². The molecule has 0 saturated carbocycles. The molecule has 0 amide bonds. The van der Waals surface area contributed by atoms with Gasteiger partial charge in [0.05, 0.1) is 6.61 Å². The lowest BCUT2D eigenvalue weighted by atomic mass is 10.3. The van der Waals surface area contributed by atoms with E-state index in [9.17, 15) is 4.39 Å².